The molecule has 0 radical (unpaired) electrons. The lowest BCUT2D eigenvalue weighted by molar-refractivity contribution is -0.127. The summed E-state index contributed by atoms with van der Waals surface area (Å²) in [4.78, 5) is 25.3. The molecule has 1 aliphatic heterocycles. The van der Waals surface area contributed by atoms with Crippen LogP contribution in [0.25, 0.3) is 0 Å². The molecule has 1 N–H and O–H groups in total. The van der Waals surface area contributed by atoms with Gasteiger partial charge in [0.05, 0.1) is 17.6 Å². The van der Waals surface area contributed by atoms with Crippen LogP contribution in [0, 0.1) is 17.2 Å². The fourth-order valence-corrected chi connectivity index (χ4v) is 2.82. The van der Waals surface area contributed by atoms with Crippen molar-refractivity contribution in [2.24, 2.45) is 5.92 Å². The molecule has 1 unspecified atom stereocenters. The van der Waals surface area contributed by atoms with Gasteiger partial charge in [0.25, 0.3) is 0 Å². The molecule has 0 aromatic heterocycles. The first-order chi connectivity index (χ1) is 12.5. The van der Waals surface area contributed by atoms with Crippen molar-refractivity contribution in [1.82, 2.24) is 4.90 Å². The number of nitriles is 1. The summed E-state index contributed by atoms with van der Waals surface area (Å²) in [6, 6.07) is 16.4. The minimum Gasteiger partial charge on any atom is -0.489 e. The number of carbonyl (C=O) groups is 2. The van der Waals surface area contributed by atoms with Crippen molar-refractivity contribution in [2.75, 3.05) is 18.9 Å². The quantitative estimate of drug-likeness (QED) is 0.899. The lowest BCUT2D eigenvalue weighted by Crippen LogP contribution is -2.25. The van der Waals surface area contributed by atoms with E-state index < -0.39 is 0 Å². The maximum Gasteiger partial charge on any atom is 0.229 e. The van der Waals surface area contributed by atoms with Gasteiger partial charge >= 0.3 is 0 Å². The molecule has 0 aliphatic carbocycles. The average molecular weight is 349 g/mol. The molecule has 0 spiro atoms. The van der Waals surface area contributed by atoms with Gasteiger partial charge in [0.1, 0.15) is 12.4 Å². The molecule has 1 aliphatic rings. The second kappa shape index (κ2) is 7.70. The van der Waals surface area contributed by atoms with E-state index in [1.54, 1.807) is 48.3 Å². The summed E-state index contributed by atoms with van der Waals surface area (Å²) in [5, 5.41) is 11.7. The number of likely N-dealkylation sites (tertiary alicyclic amines) is 1. The predicted molar refractivity (Wildman–Crippen MR) is 96.3 cm³/mol. The number of nitrogens with one attached hydrogen (secondary N) is 1. The molecule has 6 heteroatoms. The van der Waals surface area contributed by atoms with E-state index in [9.17, 15) is 9.59 Å². The van der Waals surface area contributed by atoms with Crippen LogP contribution in [-0.4, -0.2) is 30.3 Å². The molecule has 1 saturated heterocycles. The summed E-state index contributed by atoms with van der Waals surface area (Å²) in [7, 11) is 1.70. The summed E-state index contributed by atoms with van der Waals surface area (Å²) < 4.78 is 5.71. The molecule has 6 nitrogen and oxygen atoms in total. The van der Waals surface area contributed by atoms with Crippen LogP contribution in [0.15, 0.2) is 48.5 Å². The number of benzene rings is 2. The number of anilines is 1. The lowest BCUT2D eigenvalue weighted by Gasteiger charge is -2.12. The van der Waals surface area contributed by atoms with Crippen LogP contribution in [0.2, 0.25) is 0 Å². The van der Waals surface area contributed by atoms with Crippen LogP contribution in [0.4, 0.5) is 5.69 Å². The molecule has 0 saturated carbocycles. The van der Waals surface area contributed by atoms with Crippen LogP contribution in [0.5, 0.6) is 5.75 Å². The average Bonchev–Trinajstić information content (AvgIpc) is 3.00. The third-order valence-corrected chi connectivity index (χ3v) is 4.30. The van der Waals surface area contributed by atoms with Crippen LogP contribution < -0.4 is 10.1 Å². The Morgan fingerprint density at radius 3 is 2.73 bits per heavy atom. The summed E-state index contributed by atoms with van der Waals surface area (Å²) >= 11 is 0. The Hall–Kier alpha value is -3.33. The zero-order valence-electron chi connectivity index (χ0n) is 14.4. The van der Waals surface area contributed by atoms with E-state index in [-0.39, 0.29) is 24.2 Å². The number of nitrogens with zero attached hydrogens (tertiary/aromatic N) is 2. The maximum absolute atomic E-state index is 12.2. The van der Waals surface area contributed by atoms with Gasteiger partial charge in [-0.15, -0.1) is 0 Å². The van der Waals surface area contributed by atoms with Gasteiger partial charge in [0.15, 0.2) is 0 Å². The molecular formula is C20H19N3O3. The highest BCUT2D eigenvalue weighted by molar-refractivity contribution is 5.97. The number of rotatable bonds is 5. The van der Waals surface area contributed by atoms with Crippen LogP contribution >= 0.6 is 0 Å². The molecular weight excluding hydrogens is 330 g/mol. The van der Waals surface area contributed by atoms with Gasteiger partial charge in [-0.3, -0.25) is 9.59 Å². The van der Waals surface area contributed by atoms with E-state index in [2.05, 4.69) is 11.4 Å². The Morgan fingerprint density at radius 1 is 1.31 bits per heavy atom. The van der Waals surface area contributed by atoms with Crippen molar-refractivity contribution in [3.63, 3.8) is 0 Å². The number of amides is 2. The molecule has 26 heavy (non-hydrogen) atoms. The monoisotopic (exact) mass is 349 g/mol. The third kappa shape index (κ3) is 4.19. The van der Waals surface area contributed by atoms with E-state index >= 15 is 0 Å². The standard InChI is InChI=1S/C20H19N3O3/c1-23-12-16(10-19(23)24)20(25)22-17-5-7-18(8-6-17)26-13-15-4-2-3-14(9-15)11-21/h2-9,16H,10,12-13H2,1H3,(H,22,25). The third-order valence-electron chi connectivity index (χ3n) is 4.30. The Balaban J connectivity index is 1.54. The first-order valence-corrected chi connectivity index (χ1v) is 8.32. The zero-order chi connectivity index (χ0) is 18.5. The van der Waals surface area contributed by atoms with Crippen molar-refractivity contribution in [3.8, 4) is 11.8 Å². The fraction of sp³-hybridized carbons (Fsp3) is 0.250. The molecule has 1 heterocycles. The molecule has 2 amide bonds. The molecule has 132 valence electrons. The first kappa shape index (κ1) is 17.5. The Bertz CT molecular complexity index is 855. The van der Waals surface area contributed by atoms with Gasteiger partial charge in [-0.1, -0.05) is 12.1 Å². The smallest absolute Gasteiger partial charge is 0.229 e. The summed E-state index contributed by atoms with van der Waals surface area (Å²) in [5.41, 5.74) is 2.17. The topological polar surface area (TPSA) is 82.4 Å². The maximum atomic E-state index is 12.2. The van der Waals surface area contributed by atoms with E-state index in [0.29, 0.717) is 30.2 Å². The molecule has 1 atom stereocenters. The van der Waals surface area contributed by atoms with Crippen LogP contribution in [0.3, 0.4) is 0 Å². The van der Waals surface area contributed by atoms with Gasteiger partial charge in [0, 0.05) is 25.7 Å². The van der Waals surface area contributed by atoms with Gasteiger partial charge in [-0.25, -0.2) is 0 Å². The van der Waals surface area contributed by atoms with Crippen molar-refractivity contribution in [3.05, 3.63) is 59.7 Å². The summed E-state index contributed by atoms with van der Waals surface area (Å²) in [5.74, 6) is 0.205. The second-order valence-corrected chi connectivity index (χ2v) is 6.29. The molecule has 2 aromatic carbocycles. The molecule has 0 bridgehead atoms. The van der Waals surface area contributed by atoms with Crippen molar-refractivity contribution in [2.45, 2.75) is 13.0 Å². The van der Waals surface area contributed by atoms with Gasteiger partial charge in [-0.05, 0) is 42.0 Å². The highest BCUT2D eigenvalue weighted by atomic mass is 16.5. The predicted octanol–water partition coefficient (Wildman–Crippen LogP) is 2.55. The second-order valence-electron chi connectivity index (χ2n) is 6.29. The SMILES string of the molecule is CN1CC(C(=O)Nc2ccc(OCc3cccc(C#N)c3)cc2)CC1=O. The van der Waals surface area contributed by atoms with Crippen LogP contribution in [0.1, 0.15) is 17.5 Å². The van der Waals surface area contributed by atoms with Gasteiger partial charge < -0.3 is 15.0 Å². The lowest BCUT2D eigenvalue weighted by atomic mass is 10.1. The Kier molecular flexibility index (Phi) is 5.18. The van der Waals surface area contributed by atoms with E-state index in [1.807, 2.05) is 12.1 Å². The highest BCUT2D eigenvalue weighted by Crippen LogP contribution is 2.21. The van der Waals surface area contributed by atoms with Crippen molar-refractivity contribution < 1.29 is 14.3 Å². The first-order valence-electron chi connectivity index (χ1n) is 8.32. The number of ether oxygens (including phenoxy) is 1. The molecule has 3 rings (SSSR count). The zero-order valence-corrected chi connectivity index (χ0v) is 14.4. The summed E-state index contributed by atoms with van der Waals surface area (Å²) in [6.07, 6.45) is 0.255. The number of hydrogen-bond acceptors (Lipinski definition) is 4. The molecule has 1 fully saturated rings. The fourth-order valence-electron chi connectivity index (χ4n) is 2.82. The van der Waals surface area contributed by atoms with Gasteiger partial charge in [0.2, 0.25) is 11.8 Å². The van der Waals surface area contributed by atoms with Crippen molar-refractivity contribution >= 4 is 17.5 Å². The molecule has 2 aromatic rings. The summed E-state index contributed by atoms with van der Waals surface area (Å²) in [6.45, 7) is 0.811. The van der Waals surface area contributed by atoms with Crippen molar-refractivity contribution in [1.29, 1.82) is 5.26 Å². The minimum absolute atomic E-state index is 0.00522. The normalized spacial score (nSPS) is 16.2. The Labute approximate surface area is 152 Å². The van der Waals surface area contributed by atoms with E-state index in [1.165, 1.54) is 0 Å². The van der Waals surface area contributed by atoms with E-state index in [0.717, 1.165) is 5.56 Å². The van der Waals surface area contributed by atoms with Gasteiger partial charge in [-0.2, -0.15) is 5.26 Å². The van der Waals surface area contributed by atoms with E-state index in [4.69, 9.17) is 10.00 Å². The minimum atomic E-state index is -0.309. The largest absolute Gasteiger partial charge is 0.489 e. The highest BCUT2D eigenvalue weighted by Gasteiger charge is 2.32. The van der Waals surface area contributed by atoms with Crippen LogP contribution in [-0.2, 0) is 16.2 Å². The Morgan fingerprint density at radius 2 is 2.08 bits per heavy atom. The number of hydrogen-bond donors (Lipinski definition) is 1. The number of carbonyl (C=O) groups excluding carboxylic acids is 2.